The molecule has 0 bridgehead atoms. The van der Waals surface area contributed by atoms with Gasteiger partial charge in [-0.1, -0.05) is 35.3 Å². The van der Waals surface area contributed by atoms with Gasteiger partial charge in [0.25, 0.3) is 5.91 Å². The summed E-state index contributed by atoms with van der Waals surface area (Å²) < 4.78 is 5.35. The normalized spacial score (nSPS) is 10.2. The van der Waals surface area contributed by atoms with E-state index in [1.165, 1.54) is 0 Å². The van der Waals surface area contributed by atoms with E-state index in [0.29, 0.717) is 22.7 Å². The summed E-state index contributed by atoms with van der Waals surface area (Å²) in [4.78, 5) is 15.8. The lowest BCUT2D eigenvalue weighted by molar-refractivity contribution is -0.118. The maximum absolute atomic E-state index is 11.9. The molecule has 3 N–H and O–H groups in total. The van der Waals surface area contributed by atoms with Crippen molar-refractivity contribution in [2.75, 3.05) is 17.7 Å². The molecule has 0 aliphatic carbocycles. The molecule has 2 aromatic rings. The standard InChI is InChI=1S/C14H13Cl2N3O2/c1-8-6-11(15)18-14(16)13(8)19-12(20)7-21-10-5-3-2-4-9(10)17/h2-6H,7,17H2,1H3,(H,19,20). The number of nitrogens with zero attached hydrogens (tertiary/aromatic N) is 1. The fourth-order valence-electron chi connectivity index (χ4n) is 1.68. The van der Waals surface area contributed by atoms with Crippen LogP contribution >= 0.6 is 23.2 Å². The summed E-state index contributed by atoms with van der Waals surface area (Å²) in [6, 6.07) is 8.54. The zero-order valence-corrected chi connectivity index (χ0v) is 12.7. The number of carbonyl (C=O) groups excluding carboxylic acids is 1. The van der Waals surface area contributed by atoms with E-state index < -0.39 is 0 Å². The molecule has 1 aromatic heterocycles. The first kappa shape index (κ1) is 15.4. The molecule has 0 aliphatic heterocycles. The van der Waals surface area contributed by atoms with E-state index in [4.69, 9.17) is 33.7 Å². The molecule has 0 unspecified atom stereocenters. The SMILES string of the molecule is Cc1cc(Cl)nc(Cl)c1NC(=O)COc1ccccc1N. The molecule has 1 amide bonds. The number of hydrogen-bond acceptors (Lipinski definition) is 4. The van der Waals surface area contributed by atoms with Gasteiger partial charge in [-0.3, -0.25) is 4.79 Å². The molecule has 0 spiro atoms. The van der Waals surface area contributed by atoms with Crippen LogP contribution in [-0.2, 0) is 4.79 Å². The third-order valence-corrected chi connectivity index (χ3v) is 3.15. The average Bonchev–Trinajstić information content (AvgIpc) is 2.42. The smallest absolute Gasteiger partial charge is 0.262 e. The summed E-state index contributed by atoms with van der Waals surface area (Å²) in [5, 5.41) is 3.04. The van der Waals surface area contributed by atoms with Gasteiger partial charge in [0, 0.05) is 0 Å². The molecule has 21 heavy (non-hydrogen) atoms. The Morgan fingerprint density at radius 2 is 2.10 bits per heavy atom. The molecule has 2 rings (SSSR count). The van der Waals surface area contributed by atoms with Gasteiger partial charge in [-0.05, 0) is 30.7 Å². The minimum atomic E-state index is -0.368. The van der Waals surface area contributed by atoms with Crippen molar-refractivity contribution in [2.24, 2.45) is 0 Å². The van der Waals surface area contributed by atoms with Gasteiger partial charge in [0.1, 0.15) is 10.9 Å². The van der Waals surface area contributed by atoms with Crippen LogP contribution in [0, 0.1) is 6.92 Å². The van der Waals surface area contributed by atoms with Crippen LogP contribution in [0.5, 0.6) is 5.75 Å². The maximum atomic E-state index is 11.9. The van der Waals surface area contributed by atoms with Crippen molar-refractivity contribution in [3.05, 3.63) is 46.2 Å². The van der Waals surface area contributed by atoms with Crippen LogP contribution in [0.15, 0.2) is 30.3 Å². The van der Waals surface area contributed by atoms with E-state index in [1.54, 1.807) is 37.3 Å². The predicted molar refractivity (Wildman–Crippen MR) is 84.0 cm³/mol. The van der Waals surface area contributed by atoms with Crippen LogP contribution in [0.1, 0.15) is 5.56 Å². The van der Waals surface area contributed by atoms with E-state index in [0.717, 1.165) is 0 Å². The van der Waals surface area contributed by atoms with Crippen LogP contribution in [0.3, 0.4) is 0 Å². The van der Waals surface area contributed by atoms with Gasteiger partial charge in [0.15, 0.2) is 11.8 Å². The number of amides is 1. The number of benzene rings is 1. The van der Waals surface area contributed by atoms with Crippen LogP contribution in [0.4, 0.5) is 11.4 Å². The van der Waals surface area contributed by atoms with E-state index >= 15 is 0 Å². The Morgan fingerprint density at radius 1 is 1.38 bits per heavy atom. The molecule has 0 radical (unpaired) electrons. The highest BCUT2D eigenvalue weighted by Crippen LogP contribution is 2.26. The molecule has 5 nitrogen and oxygen atoms in total. The third-order valence-electron chi connectivity index (χ3n) is 2.68. The number of halogens is 2. The number of nitrogens with two attached hydrogens (primary N) is 1. The van der Waals surface area contributed by atoms with Gasteiger partial charge in [0.2, 0.25) is 0 Å². The quantitative estimate of drug-likeness (QED) is 0.667. The van der Waals surface area contributed by atoms with Gasteiger partial charge in [-0.25, -0.2) is 4.98 Å². The zero-order chi connectivity index (χ0) is 15.4. The number of nitrogen functional groups attached to an aromatic ring is 1. The molecular weight excluding hydrogens is 313 g/mol. The molecule has 0 atom stereocenters. The largest absolute Gasteiger partial charge is 0.482 e. The second-order valence-electron chi connectivity index (χ2n) is 4.30. The topological polar surface area (TPSA) is 77.2 Å². The van der Waals surface area contributed by atoms with Gasteiger partial charge < -0.3 is 15.8 Å². The van der Waals surface area contributed by atoms with Gasteiger partial charge >= 0.3 is 0 Å². The Kier molecular flexibility index (Phi) is 4.88. The van der Waals surface area contributed by atoms with Gasteiger partial charge in [-0.2, -0.15) is 0 Å². The lowest BCUT2D eigenvalue weighted by atomic mass is 10.2. The van der Waals surface area contributed by atoms with Gasteiger partial charge in [-0.15, -0.1) is 0 Å². The van der Waals surface area contributed by atoms with E-state index in [2.05, 4.69) is 10.3 Å². The van der Waals surface area contributed by atoms with Crippen LogP contribution < -0.4 is 15.8 Å². The first-order valence-electron chi connectivity index (χ1n) is 6.07. The number of pyridine rings is 1. The number of hydrogen-bond donors (Lipinski definition) is 2. The molecular formula is C14H13Cl2N3O2. The number of anilines is 2. The van der Waals surface area contributed by atoms with E-state index in [9.17, 15) is 4.79 Å². The summed E-state index contributed by atoms with van der Waals surface area (Å²) in [6.07, 6.45) is 0. The zero-order valence-electron chi connectivity index (χ0n) is 11.2. The van der Waals surface area contributed by atoms with Crippen LogP contribution in [0.25, 0.3) is 0 Å². The van der Waals surface area contributed by atoms with Gasteiger partial charge in [0.05, 0.1) is 11.4 Å². The number of carbonyl (C=O) groups is 1. The highest BCUT2D eigenvalue weighted by molar-refractivity contribution is 6.34. The minimum Gasteiger partial charge on any atom is -0.482 e. The number of para-hydroxylation sites is 2. The van der Waals surface area contributed by atoms with Crippen LogP contribution in [0.2, 0.25) is 10.3 Å². The maximum Gasteiger partial charge on any atom is 0.262 e. The average molecular weight is 326 g/mol. The van der Waals surface area contributed by atoms with Crippen molar-refractivity contribution in [1.82, 2.24) is 4.98 Å². The Labute approximate surface area is 132 Å². The minimum absolute atomic E-state index is 0.132. The fourth-order valence-corrected chi connectivity index (χ4v) is 2.26. The Bertz CT molecular complexity index is 654. The first-order valence-corrected chi connectivity index (χ1v) is 6.82. The Hall–Kier alpha value is -1.98. The third kappa shape index (κ3) is 4.00. The molecule has 0 fully saturated rings. The molecule has 1 aromatic carbocycles. The highest BCUT2D eigenvalue weighted by atomic mass is 35.5. The first-order chi connectivity index (χ1) is 9.97. The second kappa shape index (κ2) is 6.65. The highest BCUT2D eigenvalue weighted by Gasteiger charge is 2.12. The van der Waals surface area contributed by atoms with Crippen molar-refractivity contribution in [2.45, 2.75) is 6.92 Å². The lowest BCUT2D eigenvalue weighted by Gasteiger charge is -2.11. The monoisotopic (exact) mass is 325 g/mol. The van der Waals surface area contributed by atoms with Crippen molar-refractivity contribution in [3.63, 3.8) is 0 Å². The Morgan fingerprint density at radius 3 is 2.76 bits per heavy atom. The van der Waals surface area contributed by atoms with E-state index in [1.807, 2.05) is 0 Å². The summed E-state index contributed by atoms with van der Waals surface area (Å²) in [5.74, 6) is 0.0806. The number of nitrogens with one attached hydrogen (secondary N) is 1. The molecule has 1 heterocycles. The molecule has 0 saturated carbocycles. The summed E-state index contributed by atoms with van der Waals surface area (Å²) in [5.41, 5.74) is 7.32. The van der Waals surface area contributed by atoms with Crippen LogP contribution in [-0.4, -0.2) is 17.5 Å². The van der Waals surface area contributed by atoms with E-state index in [-0.39, 0.29) is 22.8 Å². The number of rotatable bonds is 4. The second-order valence-corrected chi connectivity index (χ2v) is 5.05. The summed E-state index contributed by atoms with van der Waals surface area (Å²) in [6.45, 7) is 1.58. The number of ether oxygens (including phenoxy) is 1. The predicted octanol–water partition coefficient (Wildman–Crippen LogP) is 3.30. The summed E-state index contributed by atoms with van der Waals surface area (Å²) in [7, 11) is 0. The van der Waals surface area contributed by atoms with Crippen molar-refractivity contribution >= 4 is 40.5 Å². The number of aryl methyl sites for hydroxylation is 1. The van der Waals surface area contributed by atoms with Crippen molar-refractivity contribution in [1.29, 1.82) is 0 Å². The number of aromatic nitrogens is 1. The lowest BCUT2D eigenvalue weighted by Crippen LogP contribution is -2.21. The summed E-state index contributed by atoms with van der Waals surface area (Å²) >= 11 is 11.7. The molecule has 110 valence electrons. The molecule has 0 aliphatic rings. The Balaban J connectivity index is 2.01. The fraction of sp³-hybridized carbons (Fsp3) is 0.143. The molecule has 7 heteroatoms. The molecule has 0 saturated heterocycles. The van der Waals surface area contributed by atoms with Crippen molar-refractivity contribution < 1.29 is 9.53 Å². The van der Waals surface area contributed by atoms with Crippen molar-refractivity contribution in [3.8, 4) is 5.75 Å².